The highest BCUT2D eigenvalue weighted by molar-refractivity contribution is 9.12. The number of alkyl halides is 2. The van der Waals surface area contributed by atoms with Crippen molar-refractivity contribution in [1.29, 1.82) is 0 Å². The third kappa shape index (κ3) is 4.88. The van der Waals surface area contributed by atoms with Gasteiger partial charge in [0.15, 0.2) is 6.61 Å². The number of nitrogens with one attached hydrogen (secondary N) is 1. The molecule has 3 amide bonds. The quantitative estimate of drug-likeness (QED) is 0.359. The number of fused-ring (bicyclic) bond motifs is 1. The number of aryl methyl sites for hydroxylation is 2. The van der Waals surface area contributed by atoms with E-state index in [4.69, 9.17) is 4.74 Å². The monoisotopic (exact) mass is 528 g/mol. The first-order valence-corrected chi connectivity index (χ1v) is 11.2. The minimum atomic E-state index is -0.785. The minimum Gasteiger partial charge on any atom is -0.454 e. The number of halogens is 2. The lowest BCUT2D eigenvalue weighted by molar-refractivity contribution is -0.154. The molecule has 1 saturated heterocycles. The zero-order chi connectivity index (χ0) is 21.3. The first kappa shape index (κ1) is 22.0. The van der Waals surface area contributed by atoms with Gasteiger partial charge in [0.1, 0.15) is 6.54 Å². The Balaban J connectivity index is 1.52. The van der Waals surface area contributed by atoms with Gasteiger partial charge in [-0.2, -0.15) is 0 Å². The van der Waals surface area contributed by atoms with Crippen LogP contribution in [-0.4, -0.2) is 51.4 Å². The molecule has 1 saturated carbocycles. The lowest BCUT2D eigenvalue weighted by atomic mass is 9.81. The third-order valence-corrected chi connectivity index (χ3v) is 8.04. The van der Waals surface area contributed by atoms with Crippen molar-refractivity contribution in [2.75, 3.05) is 18.5 Å². The Hall–Kier alpha value is -1.74. The Morgan fingerprint density at radius 2 is 1.69 bits per heavy atom. The predicted molar refractivity (Wildman–Crippen MR) is 114 cm³/mol. The van der Waals surface area contributed by atoms with Crippen LogP contribution in [-0.2, 0) is 23.9 Å². The second-order valence-electron chi connectivity index (χ2n) is 7.51. The van der Waals surface area contributed by atoms with Gasteiger partial charge in [-0.25, -0.2) is 0 Å². The normalized spacial score (nSPS) is 26.3. The number of imide groups is 1. The van der Waals surface area contributed by atoms with Gasteiger partial charge in [-0.1, -0.05) is 49.6 Å². The van der Waals surface area contributed by atoms with Crippen LogP contribution in [0.15, 0.2) is 18.2 Å². The van der Waals surface area contributed by atoms with Crippen molar-refractivity contribution >= 4 is 61.2 Å². The lowest BCUT2D eigenvalue weighted by Gasteiger charge is -2.29. The topological polar surface area (TPSA) is 92.8 Å². The smallest absolute Gasteiger partial charge is 0.326 e. The lowest BCUT2D eigenvalue weighted by Crippen LogP contribution is -2.37. The maximum Gasteiger partial charge on any atom is 0.326 e. The van der Waals surface area contributed by atoms with Gasteiger partial charge in [0, 0.05) is 15.3 Å². The molecule has 0 radical (unpaired) electrons. The molecular formula is C20H22Br2N2O5. The van der Waals surface area contributed by atoms with Gasteiger partial charge < -0.3 is 10.1 Å². The van der Waals surface area contributed by atoms with Gasteiger partial charge >= 0.3 is 5.97 Å². The van der Waals surface area contributed by atoms with E-state index in [0.717, 1.165) is 16.0 Å². The summed E-state index contributed by atoms with van der Waals surface area (Å²) in [4.78, 5) is 50.5. The molecule has 1 heterocycles. The average molecular weight is 530 g/mol. The van der Waals surface area contributed by atoms with Crippen LogP contribution in [0.25, 0.3) is 0 Å². The Morgan fingerprint density at radius 1 is 1.10 bits per heavy atom. The van der Waals surface area contributed by atoms with Crippen molar-refractivity contribution in [2.24, 2.45) is 11.8 Å². The first-order valence-electron chi connectivity index (χ1n) is 9.33. The highest BCUT2D eigenvalue weighted by Crippen LogP contribution is 2.43. The van der Waals surface area contributed by atoms with E-state index >= 15 is 0 Å². The molecule has 0 aromatic heterocycles. The SMILES string of the molecule is Cc1ccc(NC(=O)COC(=O)CN2C(=O)[C@H]3C[C@@H](Br)[C@@H](Br)C[C@H]3C2=O)c(C)c1. The maximum absolute atomic E-state index is 12.6. The summed E-state index contributed by atoms with van der Waals surface area (Å²) >= 11 is 7.04. The molecule has 2 aliphatic rings. The number of benzene rings is 1. The van der Waals surface area contributed by atoms with E-state index in [1.807, 2.05) is 26.0 Å². The van der Waals surface area contributed by atoms with E-state index in [1.165, 1.54) is 0 Å². The summed E-state index contributed by atoms with van der Waals surface area (Å²) in [6.07, 6.45) is 1.07. The average Bonchev–Trinajstić information content (AvgIpc) is 2.87. The highest BCUT2D eigenvalue weighted by Gasteiger charge is 2.52. The zero-order valence-electron chi connectivity index (χ0n) is 16.1. The van der Waals surface area contributed by atoms with Gasteiger partial charge in [-0.05, 0) is 38.3 Å². The Bertz CT molecular complexity index is 831. The second-order valence-corrected chi connectivity index (χ2v) is 9.86. The number of carbonyl (C=O) groups excluding carboxylic acids is 4. The van der Waals surface area contributed by atoms with Gasteiger partial charge in [0.25, 0.3) is 5.91 Å². The number of carbonyl (C=O) groups is 4. The summed E-state index contributed by atoms with van der Waals surface area (Å²) < 4.78 is 4.98. The number of esters is 1. The number of rotatable bonds is 5. The molecule has 0 spiro atoms. The summed E-state index contributed by atoms with van der Waals surface area (Å²) in [5.41, 5.74) is 2.61. The third-order valence-electron chi connectivity index (χ3n) is 5.31. The van der Waals surface area contributed by atoms with E-state index in [2.05, 4.69) is 37.2 Å². The molecule has 156 valence electrons. The molecule has 1 aromatic carbocycles. The van der Waals surface area contributed by atoms with Gasteiger partial charge in [0.05, 0.1) is 11.8 Å². The molecule has 29 heavy (non-hydrogen) atoms. The van der Waals surface area contributed by atoms with Crippen LogP contribution in [0.1, 0.15) is 24.0 Å². The number of hydrogen-bond donors (Lipinski definition) is 1. The fourth-order valence-electron chi connectivity index (χ4n) is 3.78. The van der Waals surface area contributed by atoms with Crippen LogP contribution in [0.4, 0.5) is 5.69 Å². The van der Waals surface area contributed by atoms with E-state index in [0.29, 0.717) is 18.5 Å². The minimum absolute atomic E-state index is 0.0985. The Morgan fingerprint density at radius 3 is 2.24 bits per heavy atom. The molecule has 1 N–H and O–H groups in total. The molecule has 4 atom stereocenters. The molecule has 1 aliphatic heterocycles. The molecule has 0 bridgehead atoms. The van der Waals surface area contributed by atoms with Crippen LogP contribution in [0.3, 0.4) is 0 Å². The standard InChI is InChI=1S/C20H22Br2N2O5/c1-10-3-4-16(11(2)5-10)23-17(25)9-29-18(26)8-24-19(27)12-6-14(21)15(22)7-13(12)20(24)28/h3-5,12-15H,6-9H2,1-2H3,(H,23,25)/t12-,13+,14+,15-. The zero-order valence-corrected chi connectivity index (χ0v) is 19.3. The summed E-state index contributed by atoms with van der Waals surface area (Å²) in [5, 5.41) is 2.68. The highest BCUT2D eigenvalue weighted by atomic mass is 79.9. The van der Waals surface area contributed by atoms with E-state index in [1.54, 1.807) is 6.07 Å². The fraction of sp³-hybridized carbons (Fsp3) is 0.500. The van der Waals surface area contributed by atoms with Crippen LogP contribution >= 0.6 is 31.9 Å². The molecular weight excluding hydrogens is 508 g/mol. The molecule has 3 rings (SSSR count). The molecule has 1 aliphatic carbocycles. The van der Waals surface area contributed by atoms with Crippen molar-refractivity contribution < 1.29 is 23.9 Å². The van der Waals surface area contributed by atoms with Crippen molar-refractivity contribution in [2.45, 2.75) is 36.3 Å². The maximum atomic E-state index is 12.6. The summed E-state index contributed by atoms with van der Waals surface area (Å²) in [6, 6.07) is 5.58. The number of hydrogen-bond acceptors (Lipinski definition) is 5. The summed E-state index contributed by atoms with van der Waals surface area (Å²) in [7, 11) is 0. The van der Waals surface area contributed by atoms with Crippen molar-refractivity contribution in [3.63, 3.8) is 0 Å². The number of nitrogens with zero attached hydrogens (tertiary/aromatic N) is 1. The molecule has 7 nitrogen and oxygen atoms in total. The van der Waals surface area contributed by atoms with Crippen LogP contribution < -0.4 is 5.32 Å². The van der Waals surface area contributed by atoms with Crippen LogP contribution in [0, 0.1) is 25.7 Å². The van der Waals surface area contributed by atoms with Crippen molar-refractivity contribution in [3.05, 3.63) is 29.3 Å². The van der Waals surface area contributed by atoms with Gasteiger partial charge in [0.2, 0.25) is 11.8 Å². The summed E-state index contributed by atoms with van der Waals surface area (Å²) in [6.45, 7) is 2.87. The van der Waals surface area contributed by atoms with Crippen molar-refractivity contribution in [1.82, 2.24) is 4.90 Å². The predicted octanol–water partition coefficient (Wildman–Crippen LogP) is 2.71. The number of ether oxygens (including phenoxy) is 1. The van der Waals surface area contributed by atoms with E-state index in [-0.39, 0.29) is 21.5 Å². The second kappa shape index (κ2) is 8.95. The fourth-order valence-corrected chi connectivity index (χ4v) is 5.02. The largest absolute Gasteiger partial charge is 0.454 e. The Labute approximate surface area is 185 Å². The Kier molecular flexibility index (Phi) is 6.78. The van der Waals surface area contributed by atoms with Gasteiger partial charge in [-0.15, -0.1) is 0 Å². The molecule has 9 heteroatoms. The van der Waals surface area contributed by atoms with E-state index in [9.17, 15) is 19.2 Å². The number of likely N-dealkylation sites (tertiary alicyclic amines) is 1. The van der Waals surface area contributed by atoms with Crippen molar-refractivity contribution in [3.8, 4) is 0 Å². The van der Waals surface area contributed by atoms with Gasteiger partial charge in [-0.3, -0.25) is 24.1 Å². The number of anilines is 1. The molecule has 0 unspecified atom stereocenters. The first-order chi connectivity index (χ1) is 13.7. The number of amides is 3. The molecule has 1 aromatic rings. The van der Waals surface area contributed by atoms with Crippen LogP contribution in [0.2, 0.25) is 0 Å². The van der Waals surface area contributed by atoms with Crippen LogP contribution in [0.5, 0.6) is 0 Å². The molecule has 2 fully saturated rings. The summed E-state index contributed by atoms with van der Waals surface area (Å²) in [5.74, 6) is -2.79. The van der Waals surface area contributed by atoms with E-state index < -0.39 is 36.9 Å².